The summed E-state index contributed by atoms with van der Waals surface area (Å²) in [6.45, 7) is 3.69. The quantitative estimate of drug-likeness (QED) is 0.889. The number of sulfonamides is 1. The summed E-state index contributed by atoms with van der Waals surface area (Å²) in [5.41, 5.74) is 1.39. The highest BCUT2D eigenvalue weighted by molar-refractivity contribution is 7.89. The first kappa shape index (κ1) is 17.9. The number of fused-ring (bicyclic) bond motifs is 1. The summed E-state index contributed by atoms with van der Waals surface area (Å²) in [5, 5.41) is 0.507. The Hall–Kier alpha value is -1.89. The first-order chi connectivity index (χ1) is 11.6. The highest BCUT2D eigenvalue weighted by Gasteiger charge is 2.42. The van der Waals surface area contributed by atoms with Crippen molar-refractivity contribution >= 4 is 33.2 Å². The Balaban J connectivity index is 1.91. The van der Waals surface area contributed by atoms with Gasteiger partial charge < -0.3 is 4.90 Å². The summed E-state index contributed by atoms with van der Waals surface area (Å²) >= 11 is 6.07. The number of amides is 1. The van der Waals surface area contributed by atoms with Crippen molar-refractivity contribution in [3.63, 3.8) is 0 Å². The van der Waals surface area contributed by atoms with Crippen molar-refractivity contribution in [2.24, 2.45) is 0 Å². The van der Waals surface area contributed by atoms with Crippen LogP contribution in [-0.2, 0) is 26.8 Å². The molecule has 2 aromatic carbocycles. The summed E-state index contributed by atoms with van der Waals surface area (Å²) in [7, 11) is -2.03. The molecule has 2 aromatic rings. The third kappa shape index (κ3) is 3.05. The molecule has 0 atom stereocenters. The number of halogens is 1. The molecule has 0 saturated heterocycles. The van der Waals surface area contributed by atoms with E-state index in [0.717, 1.165) is 5.69 Å². The van der Waals surface area contributed by atoms with Gasteiger partial charge in [0, 0.05) is 24.3 Å². The molecule has 0 unspecified atom stereocenters. The Morgan fingerprint density at radius 1 is 1.16 bits per heavy atom. The molecule has 0 aliphatic carbocycles. The molecule has 0 saturated carbocycles. The smallest absolute Gasteiger partial charge is 0.240 e. The van der Waals surface area contributed by atoms with E-state index in [9.17, 15) is 13.2 Å². The molecular weight excluding hydrogens is 360 g/mol. The van der Waals surface area contributed by atoms with Crippen molar-refractivity contribution in [3.05, 3.63) is 58.6 Å². The number of nitrogens with one attached hydrogen (secondary N) is 1. The molecule has 1 heterocycles. The van der Waals surface area contributed by atoms with Crippen molar-refractivity contribution in [2.45, 2.75) is 30.7 Å². The van der Waals surface area contributed by atoms with E-state index in [1.165, 1.54) is 6.07 Å². The molecule has 1 aliphatic heterocycles. The van der Waals surface area contributed by atoms with Gasteiger partial charge >= 0.3 is 0 Å². The molecule has 0 aromatic heterocycles. The highest BCUT2D eigenvalue weighted by atomic mass is 35.5. The lowest BCUT2D eigenvalue weighted by molar-refractivity contribution is -0.121. The molecule has 25 heavy (non-hydrogen) atoms. The SMILES string of the molecule is CN1C(=O)C(C)(C)c2cc(S(=O)(=O)NCc3ccccc3Cl)ccc21. The van der Waals surface area contributed by atoms with E-state index in [4.69, 9.17) is 11.6 Å². The van der Waals surface area contributed by atoms with Crippen molar-refractivity contribution in [1.29, 1.82) is 0 Å². The average Bonchev–Trinajstić information content (AvgIpc) is 2.75. The zero-order chi connectivity index (χ0) is 18.4. The molecule has 1 aliphatic rings. The number of nitrogens with zero attached hydrogens (tertiary/aromatic N) is 1. The lowest BCUT2D eigenvalue weighted by Crippen LogP contribution is -2.33. The normalized spacial score (nSPS) is 16.2. The molecule has 3 rings (SSSR count). The largest absolute Gasteiger partial charge is 0.314 e. The lowest BCUT2D eigenvalue weighted by atomic mass is 9.86. The minimum Gasteiger partial charge on any atom is -0.314 e. The molecule has 1 amide bonds. The minimum atomic E-state index is -3.72. The number of hydrogen-bond acceptors (Lipinski definition) is 3. The third-order valence-corrected chi connectivity index (χ3v) is 6.33. The van der Waals surface area contributed by atoms with Gasteiger partial charge in [0.2, 0.25) is 15.9 Å². The van der Waals surface area contributed by atoms with Gasteiger partial charge in [0.05, 0.1) is 10.3 Å². The van der Waals surface area contributed by atoms with E-state index in [2.05, 4.69) is 4.72 Å². The van der Waals surface area contributed by atoms with Crippen molar-refractivity contribution < 1.29 is 13.2 Å². The zero-order valence-electron chi connectivity index (χ0n) is 14.2. The number of carbonyl (C=O) groups is 1. The van der Waals surface area contributed by atoms with E-state index < -0.39 is 15.4 Å². The van der Waals surface area contributed by atoms with Gasteiger partial charge in [-0.05, 0) is 49.2 Å². The van der Waals surface area contributed by atoms with Crippen LogP contribution in [0.1, 0.15) is 25.0 Å². The number of carbonyl (C=O) groups excluding carboxylic acids is 1. The molecule has 0 spiro atoms. The first-order valence-electron chi connectivity index (χ1n) is 7.80. The van der Waals surface area contributed by atoms with Crippen LogP contribution < -0.4 is 9.62 Å². The Bertz CT molecular complexity index is 955. The van der Waals surface area contributed by atoms with Gasteiger partial charge in [-0.25, -0.2) is 13.1 Å². The molecule has 132 valence electrons. The maximum Gasteiger partial charge on any atom is 0.240 e. The molecule has 1 N–H and O–H groups in total. The van der Waals surface area contributed by atoms with Gasteiger partial charge in [0.15, 0.2) is 0 Å². The first-order valence-corrected chi connectivity index (χ1v) is 9.66. The molecule has 0 fully saturated rings. The number of anilines is 1. The van der Waals surface area contributed by atoms with Gasteiger partial charge in [-0.1, -0.05) is 29.8 Å². The fourth-order valence-electron chi connectivity index (χ4n) is 3.02. The second kappa shape index (κ2) is 6.12. The maximum absolute atomic E-state index is 12.6. The number of benzene rings is 2. The Morgan fingerprint density at radius 3 is 2.52 bits per heavy atom. The van der Waals surface area contributed by atoms with Crippen LogP contribution in [0.3, 0.4) is 0 Å². The summed E-state index contributed by atoms with van der Waals surface area (Å²) in [5.74, 6) is -0.0546. The van der Waals surface area contributed by atoms with Gasteiger partial charge in [0.25, 0.3) is 0 Å². The van der Waals surface area contributed by atoms with Crippen LogP contribution in [0.25, 0.3) is 0 Å². The number of likely N-dealkylation sites (N-methyl/N-ethyl adjacent to an activating group) is 1. The average molecular weight is 379 g/mol. The molecule has 7 heteroatoms. The fourth-order valence-corrected chi connectivity index (χ4v) is 4.25. The van der Waals surface area contributed by atoms with Crippen LogP contribution in [0.2, 0.25) is 5.02 Å². The molecule has 5 nitrogen and oxygen atoms in total. The highest BCUT2D eigenvalue weighted by Crippen LogP contribution is 2.41. The third-order valence-electron chi connectivity index (χ3n) is 4.56. The van der Waals surface area contributed by atoms with Crippen molar-refractivity contribution in [3.8, 4) is 0 Å². The molecule has 0 bridgehead atoms. The molecular formula is C18H19ClN2O3S. The second-order valence-electron chi connectivity index (χ2n) is 6.58. The van der Waals surface area contributed by atoms with Crippen molar-refractivity contribution in [1.82, 2.24) is 4.72 Å². The van der Waals surface area contributed by atoms with Crippen LogP contribution in [-0.4, -0.2) is 21.4 Å². The van der Waals surface area contributed by atoms with Crippen LogP contribution in [0, 0.1) is 0 Å². The van der Waals surface area contributed by atoms with Crippen molar-refractivity contribution in [2.75, 3.05) is 11.9 Å². The Morgan fingerprint density at radius 2 is 1.84 bits per heavy atom. The lowest BCUT2D eigenvalue weighted by Gasteiger charge is -2.17. The Kier molecular flexibility index (Phi) is 4.39. The van der Waals surface area contributed by atoms with E-state index in [1.807, 2.05) is 0 Å². The Labute approximate surface area is 152 Å². The molecule has 0 radical (unpaired) electrons. The van der Waals surface area contributed by atoms with E-state index in [-0.39, 0.29) is 17.3 Å². The minimum absolute atomic E-state index is 0.0546. The van der Waals surface area contributed by atoms with E-state index >= 15 is 0 Å². The number of rotatable bonds is 4. The summed E-state index contributed by atoms with van der Waals surface area (Å²) in [4.78, 5) is 14.0. The topological polar surface area (TPSA) is 66.5 Å². The standard InChI is InChI=1S/C18H19ClN2O3S/c1-18(2)14-10-13(8-9-16(14)21(3)17(18)22)25(23,24)20-11-12-6-4-5-7-15(12)19/h4-10,20H,11H2,1-3H3. The van der Waals surface area contributed by atoms with Gasteiger partial charge in [-0.2, -0.15) is 0 Å². The summed E-state index contributed by atoms with van der Waals surface area (Å²) in [6.07, 6.45) is 0. The van der Waals surface area contributed by atoms with Crippen LogP contribution in [0.4, 0.5) is 5.69 Å². The van der Waals surface area contributed by atoms with E-state index in [1.54, 1.807) is 62.2 Å². The zero-order valence-corrected chi connectivity index (χ0v) is 15.8. The second-order valence-corrected chi connectivity index (χ2v) is 8.76. The predicted molar refractivity (Wildman–Crippen MR) is 98.4 cm³/mol. The fraction of sp³-hybridized carbons (Fsp3) is 0.278. The summed E-state index contributed by atoms with van der Waals surface area (Å²) in [6, 6.07) is 11.8. The number of hydrogen-bond donors (Lipinski definition) is 1. The summed E-state index contributed by atoms with van der Waals surface area (Å²) < 4.78 is 27.8. The van der Waals surface area contributed by atoms with Crippen LogP contribution in [0.5, 0.6) is 0 Å². The van der Waals surface area contributed by atoms with Crippen LogP contribution in [0.15, 0.2) is 47.4 Å². The van der Waals surface area contributed by atoms with Gasteiger partial charge in [-0.3, -0.25) is 4.79 Å². The maximum atomic E-state index is 12.6. The monoisotopic (exact) mass is 378 g/mol. The van der Waals surface area contributed by atoms with Crippen LogP contribution >= 0.6 is 11.6 Å². The van der Waals surface area contributed by atoms with E-state index in [0.29, 0.717) is 16.1 Å². The van der Waals surface area contributed by atoms with Gasteiger partial charge in [0.1, 0.15) is 0 Å². The predicted octanol–water partition coefficient (Wildman–Crippen LogP) is 3.07. The van der Waals surface area contributed by atoms with Gasteiger partial charge in [-0.15, -0.1) is 0 Å².